The van der Waals surface area contributed by atoms with Crippen LogP contribution in [-0.4, -0.2) is 19.8 Å². The molecule has 0 saturated heterocycles. The summed E-state index contributed by atoms with van der Waals surface area (Å²) in [5.74, 6) is 1.73. The summed E-state index contributed by atoms with van der Waals surface area (Å²) in [6, 6.07) is 15.7. The van der Waals surface area contributed by atoms with Gasteiger partial charge in [-0.3, -0.25) is 0 Å². The number of nitrogens with one attached hydrogen (secondary N) is 1. The molecule has 0 aliphatic heterocycles. The van der Waals surface area contributed by atoms with E-state index in [0.717, 1.165) is 28.2 Å². The minimum atomic E-state index is 0.594. The average molecular weight is 336 g/mol. The third-order valence-corrected chi connectivity index (χ3v) is 3.16. The van der Waals surface area contributed by atoms with Crippen LogP contribution in [0.4, 0.5) is 5.69 Å². The Morgan fingerprint density at radius 3 is 2.70 bits per heavy atom. The molecule has 2 rings (SSSR count). The lowest BCUT2D eigenvalue weighted by Gasteiger charge is -2.12. The van der Waals surface area contributed by atoms with E-state index in [2.05, 4.69) is 21.2 Å². The van der Waals surface area contributed by atoms with Crippen LogP contribution in [0.2, 0.25) is 0 Å². The van der Waals surface area contributed by atoms with Crippen LogP contribution in [-0.2, 0) is 0 Å². The van der Waals surface area contributed by atoms with Gasteiger partial charge in [-0.15, -0.1) is 0 Å². The second-order valence-electron chi connectivity index (χ2n) is 4.16. The highest BCUT2D eigenvalue weighted by atomic mass is 79.9. The fourth-order valence-electron chi connectivity index (χ4n) is 1.81. The lowest BCUT2D eigenvalue weighted by molar-refractivity contribution is 0.330. The Labute approximate surface area is 128 Å². The Kier molecular flexibility index (Phi) is 5.74. The zero-order chi connectivity index (χ0) is 14.2. The Balaban J connectivity index is 1.81. The maximum absolute atomic E-state index is 5.68. The number of benzene rings is 2. The van der Waals surface area contributed by atoms with Crippen molar-refractivity contribution >= 4 is 21.6 Å². The minimum absolute atomic E-state index is 0.594. The summed E-state index contributed by atoms with van der Waals surface area (Å²) in [5, 5.41) is 3.32. The van der Waals surface area contributed by atoms with Gasteiger partial charge in [-0.1, -0.05) is 34.1 Å². The normalized spacial score (nSPS) is 10.1. The van der Waals surface area contributed by atoms with Crippen LogP contribution in [0, 0.1) is 0 Å². The molecule has 0 aliphatic rings. The van der Waals surface area contributed by atoms with Crippen molar-refractivity contribution < 1.29 is 9.47 Å². The van der Waals surface area contributed by atoms with Crippen molar-refractivity contribution in [2.24, 2.45) is 0 Å². The maximum Gasteiger partial charge on any atom is 0.142 e. The van der Waals surface area contributed by atoms with Gasteiger partial charge in [-0.25, -0.2) is 0 Å². The van der Waals surface area contributed by atoms with Gasteiger partial charge in [0.25, 0.3) is 0 Å². The lowest BCUT2D eigenvalue weighted by Crippen LogP contribution is -2.12. The standard InChI is InChI=1S/C16H18BrNO2/c1-2-19-16-9-4-3-8-15(16)18-10-11-20-14-7-5-6-13(17)12-14/h3-9,12,18H,2,10-11H2,1H3. The van der Waals surface area contributed by atoms with Gasteiger partial charge in [-0.2, -0.15) is 0 Å². The van der Waals surface area contributed by atoms with Gasteiger partial charge in [0, 0.05) is 11.0 Å². The van der Waals surface area contributed by atoms with E-state index in [1.165, 1.54) is 0 Å². The maximum atomic E-state index is 5.68. The predicted octanol–water partition coefficient (Wildman–Crippen LogP) is 4.34. The van der Waals surface area contributed by atoms with E-state index in [4.69, 9.17) is 9.47 Å². The van der Waals surface area contributed by atoms with Crippen LogP contribution in [0.1, 0.15) is 6.92 Å². The number of halogens is 1. The highest BCUT2D eigenvalue weighted by Crippen LogP contribution is 2.23. The number of rotatable bonds is 7. The first kappa shape index (κ1) is 14.7. The zero-order valence-corrected chi connectivity index (χ0v) is 13.0. The molecule has 1 N–H and O–H groups in total. The third-order valence-electron chi connectivity index (χ3n) is 2.67. The van der Waals surface area contributed by atoms with Crippen LogP contribution in [0.3, 0.4) is 0 Å². The topological polar surface area (TPSA) is 30.5 Å². The number of ether oxygens (including phenoxy) is 2. The van der Waals surface area contributed by atoms with E-state index in [1.54, 1.807) is 0 Å². The summed E-state index contributed by atoms with van der Waals surface area (Å²) in [7, 11) is 0. The van der Waals surface area contributed by atoms with Crippen molar-refractivity contribution in [1.82, 2.24) is 0 Å². The van der Waals surface area contributed by atoms with E-state index in [0.29, 0.717) is 13.2 Å². The average Bonchev–Trinajstić information content (AvgIpc) is 2.46. The molecule has 2 aromatic carbocycles. The van der Waals surface area contributed by atoms with Gasteiger partial charge in [0.1, 0.15) is 18.1 Å². The molecule has 0 fully saturated rings. The smallest absolute Gasteiger partial charge is 0.142 e. The molecule has 0 aliphatic carbocycles. The first-order chi connectivity index (χ1) is 9.79. The first-order valence-corrected chi connectivity index (χ1v) is 7.43. The van der Waals surface area contributed by atoms with Gasteiger partial charge < -0.3 is 14.8 Å². The molecule has 0 unspecified atom stereocenters. The van der Waals surface area contributed by atoms with Gasteiger partial charge in [0.15, 0.2) is 0 Å². The molecule has 0 atom stereocenters. The largest absolute Gasteiger partial charge is 0.492 e. The summed E-state index contributed by atoms with van der Waals surface area (Å²) in [5.41, 5.74) is 0.993. The number of hydrogen-bond donors (Lipinski definition) is 1. The Hall–Kier alpha value is -1.68. The van der Waals surface area contributed by atoms with Crippen molar-refractivity contribution in [1.29, 1.82) is 0 Å². The van der Waals surface area contributed by atoms with Crippen molar-refractivity contribution in [2.75, 3.05) is 25.1 Å². The van der Waals surface area contributed by atoms with Gasteiger partial charge in [0.05, 0.1) is 12.3 Å². The van der Waals surface area contributed by atoms with E-state index in [1.807, 2.05) is 55.5 Å². The van der Waals surface area contributed by atoms with E-state index in [9.17, 15) is 0 Å². The molecular formula is C16H18BrNO2. The quantitative estimate of drug-likeness (QED) is 0.763. The third kappa shape index (κ3) is 4.46. The molecule has 0 spiro atoms. The number of hydrogen-bond acceptors (Lipinski definition) is 3. The van der Waals surface area contributed by atoms with Crippen LogP contribution >= 0.6 is 15.9 Å². The molecule has 0 amide bonds. The zero-order valence-electron chi connectivity index (χ0n) is 11.4. The van der Waals surface area contributed by atoms with Crippen molar-refractivity contribution in [3.8, 4) is 11.5 Å². The molecule has 0 saturated carbocycles. The van der Waals surface area contributed by atoms with Crippen LogP contribution in [0.5, 0.6) is 11.5 Å². The highest BCUT2D eigenvalue weighted by Gasteiger charge is 2.01. The molecule has 0 heterocycles. The molecule has 20 heavy (non-hydrogen) atoms. The SMILES string of the molecule is CCOc1ccccc1NCCOc1cccc(Br)c1. The van der Waals surface area contributed by atoms with Gasteiger partial charge in [0.2, 0.25) is 0 Å². The second kappa shape index (κ2) is 7.80. The van der Waals surface area contributed by atoms with Crippen LogP contribution < -0.4 is 14.8 Å². The van der Waals surface area contributed by atoms with Crippen molar-refractivity contribution in [3.05, 3.63) is 53.0 Å². The molecule has 106 valence electrons. The highest BCUT2D eigenvalue weighted by molar-refractivity contribution is 9.10. The molecule has 0 radical (unpaired) electrons. The van der Waals surface area contributed by atoms with E-state index < -0.39 is 0 Å². The monoisotopic (exact) mass is 335 g/mol. The molecule has 2 aromatic rings. The Morgan fingerprint density at radius 2 is 1.90 bits per heavy atom. The summed E-state index contributed by atoms with van der Waals surface area (Å²) < 4.78 is 12.3. The fourth-order valence-corrected chi connectivity index (χ4v) is 2.18. The van der Waals surface area contributed by atoms with Crippen molar-refractivity contribution in [3.63, 3.8) is 0 Å². The summed E-state index contributed by atoms with van der Waals surface area (Å²) >= 11 is 3.42. The van der Waals surface area contributed by atoms with Gasteiger partial charge >= 0.3 is 0 Å². The van der Waals surface area contributed by atoms with E-state index >= 15 is 0 Å². The van der Waals surface area contributed by atoms with Crippen LogP contribution in [0.25, 0.3) is 0 Å². The van der Waals surface area contributed by atoms with Gasteiger partial charge in [-0.05, 0) is 37.3 Å². The summed E-state index contributed by atoms with van der Waals surface area (Å²) in [6.07, 6.45) is 0. The Bertz CT molecular complexity index is 546. The van der Waals surface area contributed by atoms with Crippen molar-refractivity contribution in [2.45, 2.75) is 6.92 Å². The molecule has 3 nitrogen and oxygen atoms in total. The fraction of sp³-hybridized carbons (Fsp3) is 0.250. The Morgan fingerprint density at radius 1 is 1.05 bits per heavy atom. The molecule has 0 aromatic heterocycles. The lowest BCUT2D eigenvalue weighted by atomic mass is 10.3. The predicted molar refractivity (Wildman–Crippen MR) is 85.7 cm³/mol. The summed E-state index contributed by atoms with van der Waals surface area (Å²) in [4.78, 5) is 0. The first-order valence-electron chi connectivity index (χ1n) is 6.63. The van der Waals surface area contributed by atoms with E-state index in [-0.39, 0.29) is 0 Å². The second-order valence-corrected chi connectivity index (χ2v) is 5.08. The minimum Gasteiger partial charge on any atom is -0.492 e. The summed E-state index contributed by atoms with van der Waals surface area (Å²) in [6.45, 7) is 3.95. The molecule has 0 bridgehead atoms. The molecular weight excluding hydrogens is 318 g/mol. The van der Waals surface area contributed by atoms with Crippen LogP contribution in [0.15, 0.2) is 53.0 Å². The number of anilines is 1. The number of para-hydroxylation sites is 2. The molecule has 4 heteroatoms.